The molecule has 15 heteroatoms. The van der Waals surface area contributed by atoms with Gasteiger partial charge in [-0.15, -0.1) is 0 Å². The Morgan fingerprint density at radius 1 is 0.400 bits per heavy atom. The number of hydrogen-bond donors (Lipinski definition) is 0. The van der Waals surface area contributed by atoms with Crippen LogP contribution in [0.4, 0.5) is 61.5 Å². The summed E-state index contributed by atoms with van der Waals surface area (Å²) >= 11 is 0. The fraction of sp³-hybridized carbons (Fsp3) is 0.600. The third kappa shape index (κ3) is 4.68. The Bertz CT molecular complexity index is 428. The Morgan fingerprint density at radius 3 is 0.760 bits per heavy atom. The molecule has 0 fully saturated rings. The lowest BCUT2D eigenvalue weighted by molar-refractivity contribution is -0.322. The van der Waals surface area contributed by atoms with Gasteiger partial charge in [-0.05, 0) is 0 Å². The monoisotopic (exact) mass is 406 g/mol. The molecule has 0 aliphatic carbocycles. The molecule has 0 unspecified atom stereocenters. The fourth-order valence-corrected chi connectivity index (χ4v) is 1.01. The van der Waals surface area contributed by atoms with Crippen molar-refractivity contribution in [3.05, 3.63) is 24.7 Å². The van der Waals surface area contributed by atoms with Gasteiger partial charge in [0.15, 0.2) is 0 Å². The molecule has 0 aromatic carbocycles. The van der Waals surface area contributed by atoms with Crippen LogP contribution in [0.5, 0.6) is 0 Å². The van der Waals surface area contributed by atoms with E-state index in [9.17, 15) is 61.5 Å². The standard InChI is InChI=1S/C10H4F14O/c11-5(7(13,14)15,8(16,17)18)1-3-25-4-2-6(12,9(19,20)21)10(22,23)24/h1-4H. The van der Waals surface area contributed by atoms with E-state index in [1.807, 2.05) is 0 Å². The fourth-order valence-electron chi connectivity index (χ4n) is 1.01. The number of halogens is 14. The van der Waals surface area contributed by atoms with Crippen LogP contribution < -0.4 is 0 Å². The Kier molecular flexibility index (Phi) is 6.11. The molecule has 0 aromatic heterocycles. The summed E-state index contributed by atoms with van der Waals surface area (Å²) in [5, 5.41) is 0. The van der Waals surface area contributed by atoms with Crippen LogP contribution in [0.3, 0.4) is 0 Å². The minimum Gasteiger partial charge on any atom is -0.473 e. The maximum absolute atomic E-state index is 13.0. The van der Waals surface area contributed by atoms with Crippen molar-refractivity contribution in [2.24, 2.45) is 0 Å². The SMILES string of the molecule is FC(F)(F)C(F)(C=COC=CC(F)(C(F)(F)F)C(F)(F)F)C(F)(F)F. The van der Waals surface area contributed by atoms with Gasteiger partial charge < -0.3 is 4.74 Å². The van der Waals surface area contributed by atoms with E-state index in [1.54, 1.807) is 0 Å². The van der Waals surface area contributed by atoms with Crippen molar-refractivity contribution in [3.63, 3.8) is 0 Å². The van der Waals surface area contributed by atoms with E-state index in [-0.39, 0.29) is 0 Å². The summed E-state index contributed by atoms with van der Waals surface area (Å²) in [5.74, 6) is 0. The average Bonchev–Trinajstić information content (AvgIpc) is 2.32. The van der Waals surface area contributed by atoms with E-state index >= 15 is 0 Å². The molecule has 0 radical (unpaired) electrons. The van der Waals surface area contributed by atoms with Gasteiger partial charge in [-0.25, -0.2) is 8.78 Å². The zero-order valence-corrected chi connectivity index (χ0v) is 11.0. The molecule has 148 valence electrons. The normalized spacial score (nSPS) is 16.1. The summed E-state index contributed by atoms with van der Waals surface area (Å²) in [6, 6.07) is 0. The third-order valence-corrected chi connectivity index (χ3v) is 2.40. The van der Waals surface area contributed by atoms with Crippen LogP contribution in [0, 0.1) is 0 Å². The topological polar surface area (TPSA) is 9.23 Å². The first-order valence-corrected chi connectivity index (χ1v) is 5.36. The molecular weight excluding hydrogens is 402 g/mol. The highest BCUT2D eigenvalue weighted by Gasteiger charge is 2.72. The maximum atomic E-state index is 13.0. The van der Waals surface area contributed by atoms with Crippen molar-refractivity contribution in [3.8, 4) is 0 Å². The quantitative estimate of drug-likeness (QED) is 0.430. The van der Waals surface area contributed by atoms with E-state index in [0.29, 0.717) is 0 Å². The largest absolute Gasteiger partial charge is 0.473 e. The van der Waals surface area contributed by atoms with Crippen LogP contribution in [-0.2, 0) is 4.74 Å². The van der Waals surface area contributed by atoms with Crippen LogP contribution in [0.1, 0.15) is 0 Å². The second-order valence-corrected chi connectivity index (χ2v) is 4.16. The molecule has 0 spiro atoms. The van der Waals surface area contributed by atoms with Crippen molar-refractivity contribution in [2.45, 2.75) is 36.0 Å². The van der Waals surface area contributed by atoms with Gasteiger partial charge in [-0.1, -0.05) is 0 Å². The zero-order valence-electron chi connectivity index (χ0n) is 11.0. The first kappa shape index (κ1) is 23.3. The molecule has 0 bridgehead atoms. The van der Waals surface area contributed by atoms with E-state index < -0.39 is 60.7 Å². The molecular formula is C10H4F14O. The zero-order chi connectivity index (χ0) is 20.5. The molecule has 0 aromatic rings. The number of ether oxygens (including phenoxy) is 1. The second-order valence-electron chi connectivity index (χ2n) is 4.16. The summed E-state index contributed by atoms with van der Waals surface area (Å²) in [7, 11) is 0. The molecule has 0 aliphatic heterocycles. The lowest BCUT2D eigenvalue weighted by Gasteiger charge is -2.27. The molecule has 0 aliphatic rings. The van der Waals surface area contributed by atoms with Gasteiger partial charge in [0.25, 0.3) is 0 Å². The third-order valence-electron chi connectivity index (χ3n) is 2.40. The van der Waals surface area contributed by atoms with Crippen LogP contribution in [0.15, 0.2) is 24.7 Å². The van der Waals surface area contributed by atoms with Gasteiger partial charge in [0.05, 0.1) is 12.5 Å². The van der Waals surface area contributed by atoms with E-state index in [1.165, 1.54) is 0 Å². The van der Waals surface area contributed by atoms with E-state index in [4.69, 9.17) is 0 Å². The lowest BCUT2D eigenvalue weighted by atomic mass is 10.1. The summed E-state index contributed by atoms with van der Waals surface area (Å²) in [6.07, 6.45) is -30.7. The minimum absolute atomic E-state index is 0.843. The summed E-state index contributed by atoms with van der Waals surface area (Å²) in [4.78, 5) is 0. The van der Waals surface area contributed by atoms with E-state index in [2.05, 4.69) is 4.74 Å². The molecule has 0 amide bonds. The minimum atomic E-state index is -6.57. The Morgan fingerprint density at radius 2 is 0.600 bits per heavy atom. The van der Waals surface area contributed by atoms with Gasteiger partial charge in [-0.3, -0.25) is 0 Å². The van der Waals surface area contributed by atoms with Crippen LogP contribution in [0.2, 0.25) is 0 Å². The van der Waals surface area contributed by atoms with Crippen molar-refractivity contribution in [1.82, 2.24) is 0 Å². The lowest BCUT2D eigenvalue weighted by Crippen LogP contribution is -2.51. The highest BCUT2D eigenvalue weighted by molar-refractivity contribution is 5.11. The summed E-state index contributed by atoms with van der Waals surface area (Å²) in [6.45, 7) is 0. The summed E-state index contributed by atoms with van der Waals surface area (Å²) in [5.41, 5.74) is -12.0. The highest BCUT2D eigenvalue weighted by Crippen LogP contribution is 2.48. The Labute approximate surface area is 128 Å². The molecule has 0 N–H and O–H groups in total. The molecule has 0 atom stereocenters. The van der Waals surface area contributed by atoms with E-state index in [0.717, 1.165) is 0 Å². The van der Waals surface area contributed by atoms with Gasteiger partial charge in [-0.2, -0.15) is 52.7 Å². The molecule has 25 heavy (non-hydrogen) atoms. The Balaban J connectivity index is 5.46. The van der Waals surface area contributed by atoms with Crippen molar-refractivity contribution < 1.29 is 66.2 Å². The first-order chi connectivity index (χ1) is 10.7. The van der Waals surface area contributed by atoms with Gasteiger partial charge in [0.2, 0.25) is 0 Å². The maximum Gasteiger partial charge on any atom is 0.435 e. The van der Waals surface area contributed by atoms with Crippen molar-refractivity contribution >= 4 is 0 Å². The van der Waals surface area contributed by atoms with Gasteiger partial charge in [0, 0.05) is 12.2 Å². The average molecular weight is 406 g/mol. The van der Waals surface area contributed by atoms with Crippen molar-refractivity contribution in [2.75, 3.05) is 0 Å². The van der Waals surface area contributed by atoms with Crippen molar-refractivity contribution in [1.29, 1.82) is 0 Å². The summed E-state index contributed by atoms with van der Waals surface area (Å²) < 4.78 is 174. The molecule has 0 heterocycles. The second kappa shape index (κ2) is 6.55. The van der Waals surface area contributed by atoms with Crippen LogP contribution in [0.25, 0.3) is 0 Å². The smallest absolute Gasteiger partial charge is 0.435 e. The number of alkyl halides is 14. The molecule has 0 saturated carbocycles. The molecule has 1 nitrogen and oxygen atoms in total. The first-order valence-electron chi connectivity index (χ1n) is 5.36. The van der Waals surface area contributed by atoms with Gasteiger partial charge >= 0.3 is 36.0 Å². The highest BCUT2D eigenvalue weighted by atomic mass is 19.4. The number of allylic oxidation sites excluding steroid dienone is 2. The predicted molar refractivity (Wildman–Crippen MR) is 51.3 cm³/mol. The molecule has 0 rings (SSSR count). The van der Waals surface area contributed by atoms with Crippen LogP contribution in [-0.4, -0.2) is 36.0 Å². The Hall–Kier alpha value is -1.70. The van der Waals surface area contributed by atoms with Gasteiger partial charge in [0.1, 0.15) is 0 Å². The number of rotatable bonds is 4. The molecule has 0 saturated heterocycles. The predicted octanol–water partition coefficient (Wildman–Crippen LogP) is 5.70. The van der Waals surface area contributed by atoms with Crippen LogP contribution >= 0.6 is 0 Å². The number of hydrogen-bond acceptors (Lipinski definition) is 1.